The van der Waals surface area contributed by atoms with Gasteiger partial charge in [-0.05, 0) is 31.5 Å². The molecule has 0 aliphatic rings. The predicted molar refractivity (Wildman–Crippen MR) is 88.2 cm³/mol. The smallest absolute Gasteiger partial charge is 0.138 e. The van der Waals surface area contributed by atoms with Gasteiger partial charge in [0.25, 0.3) is 0 Å². The summed E-state index contributed by atoms with van der Waals surface area (Å²) in [5, 5.41) is 4.12. The lowest BCUT2D eigenvalue weighted by molar-refractivity contribution is 0.199. The summed E-state index contributed by atoms with van der Waals surface area (Å²) in [5.74, 6) is 0. The molecule has 1 unspecified atom stereocenters. The van der Waals surface area contributed by atoms with Gasteiger partial charge in [-0.25, -0.2) is 0 Å². The maximum absolute atomic E-state index is 6.12. The highest BCUT2D eigenvalue weighted by atomic mass is 79.9. The summed E-state index contributed by atoms with van der Waals surface area (Å²) in [7, 11) is 0. The molecule has 0 aliphatic heterocycles. The average molecular weight is 375 g/mol. The maximum Gasteiger partial charge on any atom is 0.138 e. The van der Waals surface area contributed by atoms with Gasteiger partial charge in [0.15, 0.2) is 0 Å². The van der Waals surface area contributed by atoms with Crippen LogP contribution in [-0.4, -0.2) is 21.0 Å². The Morgan fingerprint density at radius 2 is 2.15 bits per heavy atom. The molecule has 0 saturated carbocycles. The van der Waals surface area contributed by atoms with E-state index in [1.807, 2.05) is 6.07 Å². The molecule has 0 N–H and O–H groups in total. The first kappa shape index (κ1) is 15.9. The van der Waals surface area contributed by atoms with Gasteiger partial charge in [-0.2, -0.15) is 0 Å². The van der Waals surface area contributed by atoms with Gasteiger partial charge >= 0.3 is 0 Å². The lowest BCUT2D eigenvalue weighted by Gasteiger charge is -2.29. The highest BCUT2D eigenvalue weighted by molar-refractivity contribution is 9.10. The van der Waals surface area contributed by atoms with Crippen LogP contribution in [0.15, 0.2) is 28.7 Å². The number of halogens is 2. The van der Waals surface area contributed by atoms with Gasteiger partial charge in [0.1, 0.15) is 10.0 Å². The molecule has 1 atom stereocenters. The van der Waals surface area contributed by atoms with E-state index in [0.29, 0.717) is 10.4 Å². The zero-order chi connectivity index (χ0) is 14.5. The Bertz CT molecular complexity index is 561. The van der Waals surface area contributed by atoms with Crippen LogP contribution in [0, 0.1) is 0 Å². The lowest BCUT2D eigenvalue weighted by atomic mass is 10.1. The second-order valence-corrected chi connectivity index (χ2v) is 6.87. The van der Waals surface area contributed by atoms with Crippen molar-refractivity contribution in [2.75, 3.05) is 6.54 Å². The van der Waals surface area contributed by atoms with Crippen molar-refractivity contribution in [3.63, 3.8) is 0 Å². The van der Waals surface area contributed by atoms with Crippen LogP contribution >= 0.6 is 39.1 Å². The number of hydrogen-bond donors (Lipinski definition) is 0. The van der Waals surface area contributed by atoms with Gasteiger partial charge in [-0.3, -0.25) is 4.90 Å². The molecular formula is C14H17BrClN3S. The molecule has 1 aromatic carbocycles. The molecule has 1 aromatic heterocycles. The van der Waals surface area contributed by atoms with Gasteiger partial charge in [-0.1, -0.05) is 57.1 Å². The topological polar surface area (TPSA) is 29.0 Å². The monoisotopic (exact) mass is 373 g/mol. The molecule has 2 rings (SSSR count). The Hall–Kier alpha value is -0.490. The molecule has 108 valence electrons. The number of hydrogen-bond acceptors (Lipinski definition) is 4. The Morgan fingerprint density at radius 3 is 2.75 bits per heavy atom. The van der Waals surface area contributed by atoms with Crippen LogP contribution in [0.25, 0.3) is 0 Å². The molecule has 0 fully saturated rings. The molecule has 3 nitrogen and oxygen atoms in total. The zero-order valence-corrected chi connectivity index (χ0v) is 14.7. The van der Waals surface area contributed by atoms with Crippen LogP contribution in [0.1, 0.15) is 37.6 Å². The van der Waals surface area contributed by atoms with Crippen LogP contribution < -0.4 is 0 Å². The Kier molecular flexibility index (Phi) is 5.96. The molecule has 6 heteroatoms. The third-order valence-corrected chi connectivity index (χ3v) is 4.98. The third kappa shape index (κ3) is 3.79. The predicted octanol–water partition coefficient (Wildman–Crippen LogP) is 4.93. The fourth-order valence-electron chi connectivity index (χ4n) is 2.19. The molecule has 1 heterocycles. The highest BCUT2D eigenvalue weighted by Crippen LogP contribution is 2.30. The standard InChI is InChI=1S/C14H17BrClN3S/c1-3-8-19(9-13-14(16)20-18-17-13)10(2)11-6-4-5-7-12(11)15/h4-7,10H,3,8-9H2,1-2H3. The minimum atomic E-state index is 0.295. The van der Waals surface area contributed by atoms with Crippen molar-refractivity contribution in [1.82, 2.24) is 14.5 Å². The SMILES string of the molecule is CCCN(Cc1nnsc1Cl)C(C)c1ccccc1Br. The van der Waals surface area contributed by atoms with Crippen molar-refractivity contribution in [1.29, 1.82) is 0 Å². The Balaban J connectivity index is 2.20. The number of nitrogens with zero attached hydrogens (tertiary/aromatic N) is 3. The first-order valence-corrected chi connectivity index (χ1v) is 8.53. The molecule has 20 heavy (non-hydrogen) atoms. The average Bonchev–Trinajstić information content (AvgIpc) is 2.84. The van der Waals surface area contributed by atoms with E-state index in [-0.39, 0.29) is 0 Å². The van der Waals surface area contributed by atoms with Crippen LogP contribution in [0.5, 0.6) is 0 Å². The second-order valence-electron chi connectivity index (χ2n) is 4.66. The lowest BCUT2D eigenvalue weighted by Crippen LogP contribution is -2.28. The van der Waals surface area contributed by atoms with Gasteiger partial charge in [0.2, 0.25) is 0 Å². The zero-order valence-electron chi connectivity index (χ0n) is 11.5. The van der Waals surface area contributed by atoms with Gasteiger partial charge in [0, 0.05) is 28.6 Å². The third-order valence-electron chi connectivity index (χ3n) is 3.28. The molecule has 0 amide bonds. The first-order chi connectivity index (χ1) is 9.63. The molecule has 0 spiro atoms. The van der Waals surface area contributed by atoms with Gasteiger partial charge in [-0.15, -0.1) is 5.10 Å². The van der Waals surface area contributed by atoms with Crippen LogP contribution in [-0.2, 0) is 6.54 Å². The van der Waals surface area contributed by atoms with E-state index < -0.39 is 0 Å². The molecular weight excluding hydrogens is 358 g/mol. The van der Waals surface area contributed by atoms with Gasteiger partial charge in [0.05, 0.1) is 0 Å². The van der Waals surface area contributed by atoms with E-state index in [1.165, 1.54) is 17.1 Å². The summed E-state index contributed by atoms with van der Waals surface area (Å²) < 4.78 is 5.73. The number of aromatic nitrogens is 2. The molecule has 0 saturated heterocycles. The molecule has 2 aromatic rings. The van der Waals surface area contributed by atoms with Crippen molar-refractivity contribution in [2.24, 2.45) is 0 Å². The van der Waals surface area contributed by atoms with E-state index >= 15 is 0 Å². The minimum Gasteiger partial charge on any atom is -0.291 e. The summed E-state index contributed by atoms with van der Waals surface area (Å²) in [4.78, 5) is 2.38. The molecule has 0 aliphatic carbocycles. The van der Waals surface area contributed by atoms with Crippen LogP contribution in [0.3, 0.4) is 0 Å². The first-order valence-electron chi connectivity index (χ1n) is 6.58. The van der Waals surface area contributed by atoms with Crippen molar-refractivity contribution in [3.8, 4) is 0 Å². The summed E-state index contributed by atoms with van der Waals surface area (Å²) in [6.45, 7) is 6.12. The van der Waals surface area contributed by atoms with Gasteiger partial charge < -0.3 is 0 Å². The summed E-state index contributed by atoms with van der Waals surface area (Å²) in [5.41, 5.74) is 2.14. The van der Waals surface area contributed by atoms with Crippen molar-refractivity contribution >= 4 is 39.1 Å². The highest BCUT2D eigenvalue weighted by Gasteiger charge is 2.19. The summed E-state index contributed by atoms with van der Waals surface area (Å²) >= 11 is 11.0. The number of benzene rings is 1. The van der Waals surface area contributed by atoms with Crippen molar-refractivity contribution in [2.45, 2.75) is 32.9 Å². The number of rotatable bonds is 6. The van der Waals surface area contributed by atoms with E-state index in [2.05, 4.69) is 62.5 Å². The normalized spacial score (nSPS) is 12.8. The van der Waals surface area contributed by atoms with Crippen molar-refractivity contribution in [3.05, 3.63) is 44.3 Å². The molecule has 0 radical (unpaired) electrons. The van der Waals surface area contributed by atoms with E-state index in [4.69, 9.17) is 11.6 Å². The fourth-order valence-corrected chi connectivity index (χ4v) is 3.42. The van der Waals surface area contributed by atoms with E-state index in [9.17, 15) is 0 Å². The quantitative estimate of drug-likeness (QED) is 0.718. The van der Waals surface area contributed by atoms with Crippen molar-refractivity contribution < 1.29 is 0 Å². The minimum absolute atomic E-state index is 0.295. The fraction of sp³-hybridized carbons (Fsp3) is 0.429. The molecule has 0 bridgehead atoms. The van der Waals surface area contributed by atoms with Crippen LogP contribution in [0.2, 0.25) is 4.34 Å². The largest absolute Gasteiger partial charge is 0.291 e. The van der Waals surface area contributed by atoms with E-state index in [0.717, 1.165) is 29.7 Å². The van der Waals surface area contributed by atoms with Crippen LogP contribution in [0.4, 0.5) is 0 Å². The summed E-state index contributed by atoms with van der Waals surface area (Å²) in [6.07, 6.45) is 1.09. The summed E-state index contributed by atoms with van der Waals surface area (Å²) in [6, 6.07) is 8.62. The second kappa shape index (κ2) is 7.50. The Labute approximate surface area is 137 Å². The van der Waals surface area contributed by atoms with E-state index in [1.54, 1.807) is 0 Å². The maximum atomic E-state index is 6.12. The Morgan fingerprint density at radius 1 is 1.40 bits per heavy atom.